The van der Waals surface area contributed by atoms with Crippen molar-refractivity contribution >= 4 is 8.80 Å². The van der Waals surface area contributed by atoms with Crippen molar-refractivity contribution in [2.24, 2.45) is 0 Å². The summed E-state index contributed by atoms with van der Waals surface area (Å²) in [6.45, 7) is 13.5. The van der Waals surface area contributed by atoms with Crippen molar-refractivity contribution in [1.82, 2.24) is 0 Å². The molecule has 1 unspecified atom stereocenters. The van der Waals surface area contributed by atoms with Gasteiger partial charge in [0.15, 0.2) is 6.29 Å². The van der Waals surface area contributed by atoms with Crippen LogP contribution in [0, 0.1) is 0 Å². The minimum absolute atomic E-state index is 0.175. The Morgan fingerprint density at radius 2 is 1.29 bits per heavy atom. The summed E-state index contributed by atoms with van der Waals surface area (Å²) < 4.78 is 30.4. The summed E-state index contributed by atoms with van der Waals surface area (Å²) in [7, 11) is -2.61. The predicted octanol–water partition coefficient (Wildman–Crippen LogP) is 6.77. The van der Waals surface area contributed by atoms with E-state index in [1.54, 1.807) is 0 Å². The highest BCUT2D eigenvalue weighted by atomic mass is 28.4. The van der Waals surface area contributed by atoms with E-state index in [1.165, 1.54) is 5.56 Å². The van der Waals surface area contributed by atoms with Gasteiger partial charge in [0.05, 0.1) is 6.61 Å². The van der Waals surface area contributed by atoms with Crippen LogP contribution in [0.5, 0.6) is 5.75 Å². The van der Waals surface area contributed by atoms with Crippen LogP contribution >= 0.6 is 0 Å². The normalized spacial score (nSPS) is 12.8. The Morgan fingerprint density at radius 3 is 1.77 bits per heavy atom. The van der Waals surface area contributed by atoms with E-state index in [9.17, 15) is 0 Å². The Labute approximate surface area is 192 Å². The first-order valence-electron chi connectivity index (χ1n) is 12.4. The molecule has 0 radical (unpaired) electrons. The third-order valence-corrected chi connectivity index (χ3v) is 7.75. The second-order valence-electron chi connectivity index (χ2n) is 7.91. The van der Waals surface area contributed by atoms with E-state index >= 15 is 0 Å². The predicted molar refractivity (Wildman–Crippen MR) is 130 cm³/mol. The highest BCUT2D eigenvalue weighted by Crippen LogP contribution is 2.22. The Hall–Kier alpha value is -0.923. The maximum Gasteiger partial charge on any atom is 0.500 e. The van der Waals surface area contributed by atoms with Crippen LogP contribution in [0.1, 0.15) is 85.1 Å². The summed E-state index contributed by atoms with van der Waals surface area (Å²) in [4.78, 5) is 0. The molecular formula is C25H46O5Si. The molecule has 0 N–H and O–H groups in total. The van der Waals surface area contributed by atoms with Crippen molar-refractivity contribution in [2.75, 3.05) is 26.4 Å². The minimum Gasteiger partial charge on any atom is -0.465 e. The van der Waals surface area contributed by atoms with E-state index in [4.69, 9.17) is 22.8 Å². The van der Waals surface area contributed by atoms with Crippen LogP contribution in [0.25, 0.3) is 0 Å². The number of hydrogen-bond donors (Lipinski definition) is 0. The molecule has 0 saturated heterocycles. The van der Waals surface area contributed by atoms with Crippen molar-refractivity contribution in [3.05, 3.63) is 29.8 Å². The first-order valence-corrected chi connectivity index (χ1v) is 14.3. The van der Waals surface area contributed by atoms with Crippen LogP contribution in [-0.4, -0.2) is 41.5 Å². The number of benzene rings is 1. The molecule has 6 heteroatoms. The fraction of sp³-hybridized carbons (Fsp3) is 0.760. The quantitative estimate of drug-likeness (QED) is 0.124. The molecular weight excluding hydrogens is 408 g/mol. The van der Waals surface area contributed by atoms with Gasteiger partial charge in [-0.2, -0.15) is 0 Å². The molecule has 0 aliphatic carbocycles. The lowest BCUT2D eigenvalue weighted by atomic mass is 10.1. The lowest BCUT2D eigenvalue weighted by Gasteiger charge is -2.29. The SMILES string of the molecule is CCCCOC(CC)Oc1ccc(CCC[Si](OCCC)(OCCC)OCCC)cc1. The second kappa shape index (κ2) is 17.6. The highest BCUT2D eigenvalue weighted by molar-refractivity contribution is 6.60. The van der Waals surface area contributed by atoms with E-state index in [0.717, 1.165) is 69.8 Å². The monoisotopic (exact) mass is 454 g/mol. The van der Waals surface area contributed by atoms with Gasteiger partial charge in [-0.25, -0.2) is 0 Å². The standard InChI is InChI=1S/C25H46O5Si/c1-6-11-21-26-25(10-5)30-24-16-14-23(15-17-24)13-12-22-31(27-18-7-2,28-19-8-3)29-20-9-4/h14-17,25H,6-13,18-22H2,1-5H3. The number of unbranched alkanes of at least 4 members (excludes halogenated alkanes) is 1. The van der Waals surface area contributed by atoms with Crippen LogP contribution in [0.15, 0.2) is 24.3 Å². The van der Waals surface area contributed by atoms with Gasteiger partial charge in [-0.3, -0.25) is 0 Å². The summed E-state index contributed by atoms with van der Waals surface area (Å²) in [6.07, 6.45) is 7.74. The Kier molecular flexibility index (Phi) is 16.0. The number of hydrogen-bond acceptors (Lipinski definition) is 5. The molecule has 1 rings (SSSR count). The van der Waals surface area contributed by atoms with Gasteiger partial charge in [-0.1, -0.05) is 53.2 Å². The first kappa shape index (κ1) is 28.1. The molecule has 0 amide bonds. The largest absolute Gasteiger partial charge is 0.500 e. The van der Waals surface area contributed by atoms with Crippen LogP contribution in [-0.2, 0) is 24.4 Å². The van der Waals surface area contributed by atoms with E-state index in [2.05, 4.69) is 46.8 Å². The maximum absolute atomic E-state index is 6.20. The zero-order valence-electron chi connectivity index (χ0n) is 20.6. The van der Waals surface area contributed by atoms with Gasteiger partial charge in [0, 0.05) is 32.3 Å². The van der Waals surface area contributed by atoms with Gasteiger partial charge >= 0.3 is 8.80 Å². The van der Waals surface area contributed by atoms with Gasteiger partial charge in [-0.05, 0) is 56.2 Å². The van der Waals surface area contributed by atoms with Crippen molar-refractivity contribution in [3.8, 4) is 5.75 Å². The maximum atomic E-state index is 6.20. The van der Waals surface area contributed by atoms with E-state index in [0.29, 0.717) is 19.8 Å². The average Bonchev–Trinajstić information content (AvgIpc) is 2.80. The van der Waals surface area contributed by atoms with Gasteiger partial charge in [0.1, 0.15) is 5.75 Å². The third kappa shape index (κ3) is 12.0. The zero-order chi connectivity index (χ0) is 22.8. The fourth-order valence-electron chi connectivity index (χ4n) is 3.10. The molecule has 0 bridgehead atoms. The van der Waals surface area contributed by atoms with Crippen LogP contribution in [0.2, 0.25) is 6.04 Å². The summed E-state index contributed by atoms with van der Waals surface area (Å²) in [5, 5.41) is 0. The molecule has 1 aromatic rings. The third-order valence-electron chi connectivity index (χ3n) is 4.85. The Balaban J connectivity index is 2.59. The van der Waals surface area contributed by atoms with Gasteiger partial charge < -0.3 is 22.8 Å². The van der Waals surface area contributed by atoms with Gasteiger partial charge in [0.2, 0.25) is 0 Å². The average molecular weight is 455 g/mol. The molecule has 1 atom stereocenters. The summed E-state index contributed by atoms with van der Waals surface area (Å²) >= 11 is 0. The van der Waals surface area contributed by atoms with Gasteiger partial charge in [-0.15, -0.1) is 0 Å². The molecule has 0 heterocycles. The Morgan fingerprint density at radius 1 is 0.710 bits per heavy atom. The molecule has 5 nitrogen and oxygen atoms in total. The zero-order valence-corrected chi connectivity index (χ0v) is 21.6. The highest BCUT2D eigenvalue weighted by Gasteiger charge is 2.40. The molecule has 0 aliphatic rings. The fourth-order valence-corrected chi connectivity index (χ4v) is 5.94. The van der Waals surface area contributed by atoms with Crippen molar-refractivity contribution in [2.45, 2.75) is 98.3 Å². The smallest absolute Gasteiger partial charge is 0.465 e. The van der Waals surface area contributed by atoms with Crippen molar-refractivity contribution in [3.63, 3.8) is 0 Å². The lowest BCUT2D eigenvalue weighted by molar-refractivity contribution is -0.0822. The molecule has 31 heavy (non-hydrogen) atoms. The van der Waals surface area contributed by atoms with Crippen LogP contribution < -0.4 is 4.74 Å². The molecule has 0 saturated carbocycles. The number of ether oxygens (including phenoxy) is 2. The summed E-state index contributed by atoms with van der Waals surface area (Å²) in [5.41, 5.74) is 1.29. The van der Waals surface area contributed by atoms with E-state index < -0.39 is 8.80 Å². The van der Waals surface area contributed by atoms with E-state index in [1.807, 2.05) is 12.1 Å². The molecule has 0 aromatic heterocycles. The van der Waals surface area contributed by atoms with Crippen LogP contribution in [0.3, 0.4) is 0 Å². The molecule has 0 spiro atoms. The first-order chi connectivity index (χ1) is 15.1. The summed E-state index contributed by atoms with van der Waals surface area (Å²) in [6, 6.07) is 9.23. The number of aryl methyl sites for hydroxylation is 1. The number of rotatable bonds is 20. The Bertz CT molecular complexity index is 515. The van der Waals surface area contributed by atoms with E-state index in [-0.39, 0.29) is 6.29 Å². The lowest BCUT2D eigenvalue weighted by Crippen LogP contribution is -2.46. The van der Waals surface area contributed by atoms with Crippen molar-refractivity contribution < 1.29 is 22.8 Å². The van der Waals surface area contributed by atoms with Crippen molar-refractivity contribution in [1.29, 1.82) is 0 Å². The molecule has 0 fully saturated rings. The van der Waals surface area contributed by atoms with Gasteiger partial charge in [0.25, 0.3) is 0 Å². The second-order valence-corrected chi connectivity index (χ2v) is 10.6. The summed E-state index contributed by atoms with van der Waals surface area (Å²) in [5.74, 6) is 0.861. The van der Waals surface area contributed by atoms with Crippen LogP contribution in [0.4, 0.5) is 0 Å². The topological polar surface area (TPSA) is 46.2 Å². The molecule has 180 valence electrons. The minimum atomic E-state index is -2.61. The molecule has 0 aliphatic heterocycles. The molecule has 1 aromatic carbocycles.